The standard InChI is InChI=1S/C15H17NO2/c1-2-6-12-9-13-10-18-15(16(13)14(12)17)11-7-4-3-5-8-11/h3-8,13,15H,2,9-10H2,1H3/b12-6+. The second-order valence-corrected chi connectivity index (χ2v) is 4.80. The van der Waals surface area contributed by atoms with Crippen LogP contribution < -0.4 is 0 Å². The molecule has 94 valence electrons. The molecule has 2 atom stereocenters. The second kappa shape index (κ2) is 4.58. The van der Waals surface area contributed by atoms with E-state index in [-0.39, 0.29) is 18.2 Å². The maximum Gasteiger partial charge on any atom is 0.252 e. The van der Waals surface area contributed by atoms with Crippen LogP contribution in [0.25, 0.3) is 0 Å². The number of benzene rings is 1. The SMILES string of the molecule is CC/C=C1\CC2COC(c3ccccc3)N2C1=O. The van der Waals surface area contributed by atoms with Crippen molar-refractivity contribution in [2.24, 2.45) is 0 Å². The van der Waals surface area contributed by atoms with Gasteiger partial charge in [-0.05, 0) is 6.42 Å². The largest absolute Gasteiger partial charge is 0.352 e. The summed E-state index contributed by atoms with van der Waals surface area (Å²) in [6.07, 6.45) is 3.59. The summed E-state index contributed by atoms with van der Waals surface area (Å²) in [6.45, 7) is 2.71. The number of amides is 1. The number of ether oxygens (including phenoxy) is 1. The van der Waals surface area contributed by atoms with Crippen molar-refractivity contribution in [3.63, 3.8) is 0 Å². The predicted molar refractivity (Wildman–Crippen MR) is 68.8 cm³/mol. The van der Waals surface area contributed by atoms with Crippen molar-refractivity contribution in [1.29, 1.82) is 0 Å². The Kier molecular flexibility index (Phi) is 2.92. The van der Waals surface area contributed by atoms with Gasteiger partial charge in [0.15, 0.2) is 6.23 Å². The first-order chi connectivity index (χ1) is 8.81. The minimum atomic E-state index is -0.202. The Labute approximate surface area is 107 Å². The minimum absolute atomic E-state index is 0.146. The van der Waals surface area contributed by atoms with Crippen LogP contribution in [0.15, 0.2) is 42.0 Å². The Balaban J connectivity index is 1.89. The molecule has 1 aromatic rings. The molecule has 0 aliphatic carbocycles. The summed E-state index contributed by atoms with van der Waals surface area (Å²) in [5, 5.41) is 0. The van der Waals surface area contributed by atoms with Crippen molar-refractivity contribution in [2.45, 2.75) is 32.0 Å². The summed E-state index contributed by atoms with van der Waals surface area (Å²) >= 11 is 0. The van der Waals surface area contributed by atoms with Crippen molar-refractivity contribution in [3.8, 4) is 0 Å². The van der Waals surface area contributed by atoms with Crippen molar-refractivity contribution in [3.05, 3.63) is 47.5 Å². The summed E-state index contributed by atoms with van der Waals surface area (Å²) in [5.74, 6) is 0.146. The number of hydrogen-bond donors (Lipinski definition) is 0. The molecule has 18 heavy (non-hydrogen) atoms. The van der Waals surface area contributed by atoms with E-state index in [1.165, 1.54) is 0 Å². The topological polar surface area (TPSA) is 29.5 Å². The van der Waals surface area contributed by atoms with E-state index in [0.717, 1.165) is 24.0 Å². The zero-order valence-corrected chi connectivity index (χ0v) is 10.5. The maximum absolute atomic E-state index is 12.3. The third-order valence-corrected chi connectivity index (χ3v) is 3.59. The molecule has 3 heteroatoms. The molecule has 0 bridgehead atoms. The lowest BCUT2D eigenvalue weighted by Crippen LogP contribution is -2.30. The molecule has 2 aliphatic heterocycles. The summed E-state index contributed by atoms with van der Waals surface area (Å²) in [7, 11) is 0. The molecule has 2 saturated heterocycles. The lowest BCUT2D eigenvalue weighted by Gasteiger charge is -2.22. The van der Waals surface area contributed by atoms with E-state index in [2.05, 4.69) is 6.92 Å². The highest BCUT2D eigenvalue weighted by atomic mass is 16.5. The highest BCUT2D eigenvalue weighted by Crippen LogP contribution is 2.39. The minimum Gasteiger partial charge on any atom is -0.352 e. The Hall–Kier alpha value is -1.61. The zero-order chi connectivity index (χ0) is 12.5. The molecular weight excluding hydrogens is 226 g/mol. The monoisotopic (exact) mass is 243 g/mol. The van der Waals surface area contributed by atoms with E-state index in [4.69, 9.17) is 4.74 Å². The molecule has 3 rings (SSSR count). The first-order valence-electron chi connectivity index (χ1n) is 6.49. The van der Waals surface area contributed by atoms with Gasteiger partial charge >= 0.3 is 0 Å². The molecule has 1 amide bonds. The van der Waals surface area contributed by atoms with Crippen LogP contribution in [0.3, 0.4) is 0 Å². The average molecular weight is 243 g/mol. The van der Waals surface area contributed by atoms with E-state index in [1.54, 1.807) is 0 Å². The van der Waals surface area contributed by atoms with Gasteiger partial charge in [-0.1, -0.05) is 43.3 Å². The Morgan fingerprint density at radius 1 is 1.39 bits per heavy atom. The molecular formula is C15H17NO2. The Morgan fingerprint density at radius 2 is 2.17 bits per heavy atom. The van der Waals surface area contributed by atoms with Crippen LogP contribution in [0.5, 0.6) is 0 Å². The van der Waals surface area contributed by atoms with Crippen LogP contribution in [0.1, 0.15) is 31.6 Å². The van der Waals surface area contributed by atoms with Gasteiger partial charge in [-0.25, -0.2) is 0 Å². The number of carbonyl (C=O) groups excluding carboxylic acids is 1. The number of allylic oxidation sites excluding steroid dienone is 1. The molecule has 0 aromatic heterocycles. The molecule has 0 N–H and O–H groups in total. The third kappa shape index (κ3) is 1.75. The van der Waals surface area contributed by atoms with Crippen LogP contribution in [0.2, 0.25) is 0 Å². The van der Waals surface area contributed by atoms with Crippen molar-refractivity contribution >= 4 is 5.91 Å². The summed E-state index contributed by atoms with van der Waals surface area (Å²) in [4.78, 5) is 14.2. The fourth-order valence-corrected chi connectivity index (χ4v) is 2.78. The molecule has 0 spiro atoms. The first-order valence-corrected chi connectivity index (χ1v) is 6.49. The van der Waals surface area contributed by atoms with E-state index < -0.39 is 0 Å². The van der Waals surface area contributed by atoms with Gasteiger partial charge in [0.05, 0.1) is 12.6 Å². The molecule has 0 saturated carbocycles. The smallest absolute Gasteiger partial charge is 0.252 e. The number of nitrogens with zero attached hydrogens (tertiary/aromatic N) is 1. The first kappa shape index (κ1) is 11.5. The molecule has 0 radical (unpaired) electrons. The van der Waals surface area contributed by atoms with E-state index >= 15 is 0 Å². The van der Waals surface area contributed by atoms with E-state index in [9.17, 15) is 4.79 Å². The van der Waals surface area contributed by atoms with Gasteiger partial charge in [0, 0.05) is 17.6 Å². The molecule has 2 fully saturated rings. The quantitative estimate of drug-likeness (QED) is 0.747. The van der Waals surface area contributed by atoms with Crippen LogP contribution in [0.4, 0.5) is 0 Å². The van der Waals surface area contributed by atoms with Crippen LogP contribution in [-0.2, 0) is 9.53 Å². The fourth-order valence-electron chi connectivity index (χ4n) is 2.78. The van der Waals surface area contributed by atoms with Crippen molar-refractivity contribution in [1.82, 2.24) is 4.90 Å². The zero-order valence-electron chi connectivity index (χ0n) is 10.5. The normalized spacial score (nSPS) is 29.1. The second-order valence-electron chi connectivity index (χ2n) is 4.80. The van der Waals surface area contributed by atoms with Gasteiger partial charge in [-0.15, -0.1) is 0 Å². The molecule has 2 heterocycles. The molecule has 3 nitrogen and oxygen atoms in total. The third-order valence-electron chi connectivity index (χ3n) is 3.59. The van der Waals surface area contributed by atoms with Gasteiger partial charge in [0.2, 0.25) is 0 Å². The van der Waals surface area contributed by atoms with E-state index in [0.29, 0.717) is 6.61 Å². The number of rotatable bonds is 2. The molecule has 2 aliphatic rings. The summed E-state index contributed by atoms with van der Waals surface area (Å²) in [6, 6.07) is 10.2. The van der Waals surface area contributed by atoms with Gasteiger partial charge in [-0.2, -0.15) is 0 Å². The highest BCUT2D eigenvalue weighted by molar-refractivity contribution is 5.96. The molecule has 1 aromatic carbocycles. The van der Waals surface area contributed by atoms with E-state index in [1.807, 2.05) is 41.3 Å². The van der Waals surface area contributed by atoms with Crippen LogP contribution in [-0.4, -0.2) is 23.5 Å². The van der Waals surface area contributed by atoms with Crippen molar-refractivity contribution in [2.75, 3.05) is 6.61 Å². The fraction of sp³-hybridized carbons (Fsp3) is 0.400. The molecule has 2 unspecified atom stereocenters. The van der Waals surface area contributed by atoms with Crippen LogP contribution >= 0.6 is 0 Å². The number of hydrogen-bond acceptors (Lipinski definition) is 2. The number of carbonyl (C=O) groups is 1. The Morgan fingerprint density at radius 3 is 2.89 bits per heavy atom. The lowest BCUT2D eigenvalue weighted by atomic mass is 10.1. The highest BCUT2D eigenvalue weighted by Gasteiger charge is 2.45. The maximum atomic E-state index is 12.3. The number of fused-ring (bicyclic) bond motifs is 1. The summed E-state index contributed by atoms with van der Waals surface area (Å²) < 4.78 is 5.78. The summed E-state index contributed by atoms with van der Waals surface area (Å²) in [5.41, 5.74) is 2.01. The van der Waals surface area contributed by atoms with Crippen molar-refractivity contribution < 1.29 is 9.53 Å². The van der Waals surface area contributed by atoms with Gasteiger partial charge in [0.1, 0.15) is 0 Å². The lowest BCUT2D eigenvalue weighted by molar-refractivity contribution is -0.131. The average Bonchev–Trinajstić information content (AvgIpc) is 2.93. The van der Waals surface area contributed by atoms with Gasteiger partial charge in [0.25, 0.3) is 5.91 Å². The van der Waals surface area contributed by atoms with Gasteiger partial charge < -0.3 is 9.64 Å². The van der Waals surface area contributed by atoms with Gasteiger partial charge in [-0.3, -0.25) is 4.79 Å². The predicted octanol–water partition coefficient (Wildman–Crippen LogP) is 2.65. The Bertz CT molecular complexity index is 481. The van der Waals surface area contributed by atoms with Crippen LogP contribution in [0, 0.1) is 0 Å².